The monoisotopic (exact) mass is 1950 g/mol. The smallest absolute Gasteiger partial charge is 0.0554 e. The quantitative estimate of drug-likeness (QED) is 0.0955. The number of hydrogen-bond acceptors (Lipinski definition) is 4. The number of rotatable bonds is 16. The Hall–Kier alpha value is -10.5. The standard InChI is InChI=1S/C53H55N.C47H51N.C44H45NS/c1-51(2)49-26-43(53-31-37-23-38(32-53)25-39(24-37)33-53)12-18-47(49)48-19-17-46(27-50(48)51)54(44-13-8-41(9-14-44)40-6-4-3-5-7-40)45-15-10-42(11-16-45)52-28-34-20-35(29-52)22-36(21-34)30-52;1-45(2)43-22-37(47-27-33-19-34(28-47)21-35(20-33)29-47)10-14-41(43)42-15-13-40(23-44(42)45)48(38-6-4-3-5-7-38)39-11-8-36(9-12-39)46-24-30-16-31(25-46)18-32(17-30)26-46;1-2-6-40-38(4-1)42-39(5-3-7-41(42)46-40)45(36-12-8-34(9-13-36)43-22-28-16-29(23-43)18-30(17-28)24-43)37-14-10-35(11-15-37)44-25-31-19-32(26-44)21-33(20-31)27-44/h3-19,26-27,34-39H,20-25,28-33H2,1-2H3;3-15,22-23,30-35H,16-21,24-29H2,1-2H3;1-15,28-33H,16-27H2. The molecule has 0 unspecified atom stereocenters. The van der Waals surface area contributed by atoms with Crippen LogP contribution < -0.4 is 14.7 Å². The molecule has 1 aromatic heterocycles. The van der Waals surface area contributed by atoms with Crippen molar-refractivity contribution in [3.8, 4) is 33.4 Å². The van der Waals surface area contributed by atoms with Gasteiger partial charge in [0.25, 0.3) is 0 Å². The molecule has 0 radical (unpaired) electrons. The van der Waals surface area contributed by atoms with E-state index >= 15 is 0 Å². The minimum absolute atomic E-state index is 0.0241. The predicted molar refractivity (Wildman–Crippen MR) is 616 cm³/mol. The average molecular weight is 1960 g/mol. The molecule has 0 spiro atoms. The van der Waals surface area contributed by atoms with Crippen molar-refractivity contribution in [2.24, 2.45) is 107 Å². The number of thiophene rings is 1. The van der Waals surface area contributed by atoms with E-state index in [-0.39, 0.29) is 10.8 Å². The van der Waals surface area contributed by atoms with Crippen LogP contribution >= 0.6 is 11.3 Å². The molecule has 13 aromatic carbocycles. The van der Waals surface area contributed by atoms with Crippen LogP contribution in [0.5, 0.6) is 0 Å². The Balaban J connectivity index is 0.0000000987. The molecule has 24 bridgehead atoms. The molecule has 14 aromatic rings. The molecular weight excluding hydrogens is 1800 g/mol. The van der Waals surface area contributed by atoms with Gasteiger partial charge in [0, 0.05) is 76.5 Å². The van der Waals surface area contributed by atoms with Gasteiger partial charge in [-0.1, -0.05) is 210 Å². The summed E-state index contributed by atoms with van der Waals surface area (Å²) in [7, 11) is 0. The van der Waals surface area contributed by atoms with Crippen molar-refractivity contribution in [2.45, 2.75) is 302 Å². The van der Waals surface area contributed by atoms with Gasteiger partial charge in [-0.05, 0) is 574 Å². The highest BCUT2D eigenvalue weighted by molar-refractivity contribution is 7.26. The van der Waals surface area contributed by atoms with E-state index in [1.807, 2.05) is 11.3 Å². The van der Waals surface area contributed by atoms with E-state index in [0.29, 0.717) is 32.5 Å². The lowest BCUT2D eigenvalue weighted by molar-refractivity contribution is -0.00535. The Bertz CT molecular complexity index is 7250. The van der Waals surface area contributed by atoms with Gasteiger partial charge in [0.05, 0.1) is 5.69 Å². The maximum absolute atomic E-state index is 2.69. The molecule has 0 amide bonds. The molecule has 40 rings (SSSR count). The van der Waals surface area contributed by atoms with E-state index < -0.39 is 0 Å². The van der Waals surface area contributed by atoms with Crippen LogP contribution in [-0.4, -0.2) is 0 Å². The van der Waals surface area contributed by atoms with Gasteiger partial charge >= 0.3 is 0 Å². The highest BCUT2D eigenvalue weighted by Crippen LogP contribution is 2.70. The summed E-state index contributed by atoms with van der Waals surface area (Å²) in [6.45, 7) is 9.95. The Morgan fingerprint density at radius 3 is 0.736 bits per heavy atom. The molecule has 3 nitrogen and oxygen atoms in total. The van der Waals surface area contributed by atoms with Crippen molar-refractivity contribution in [2.75, 3.05) is 14.7 Å². The summed E-state index contributed by atoms with van der Waals surface area (Å²) >= 11 is 1.93. The lowest BCUT2D eigenvalue weighted by Crippen LogP contribution is -2.48. The van der Waals surface area contributed by atoms with Gasteiger partial charge in [-0.25, -0.2) is 0 Å². The third kappa shape index (κ3) is 14.5. The topological polar surface area (TPSA) is 9.72 Å². The number of nitrogens with zero attached hydrogens (tertiary/aromatic N) is 3. The van der Waals surface area contributed by atoms with E-state index in [1.165, 1.54) is 347 Å². The predicted octanol–water partition coefficient (Wildman–Crippen LogP) is 38.9. The van der Waals surface area contributed by atoms with E-state index in [1.54, 1.807) is 44.5 Å². The van der Waals surface area contributed by atoms with Crippen LogP contribution in [0.3, 0.4) is 0 Å². The number of para-hydroxylation sites is 1. The van der Waals surface area contributed by atoms with Crippen molar-refractivity contribution in [1.82, 2.24) is 0 Å². The molecule has 0 atom stereocenters. The maximum atomic E-state index is 2.69. The molecule has 748 valence electrons. The van der Waals surface area contributed by atoms with Crippen LogP contribution in [0, 0.1) is 107 Å². The molecule has 24 fully saturated rings. The van der Waals surface area contributed by atoms with Gasteiger partial charge < -0.3 is 14.7 Å². The second-order valence-corrected chi connectivity index (χ2v) is 57.2. The molecule has 148 heavy (non-hydrogen) atoms. The third-order valence-corrected chi connectivity index (χ3v) is 47.2. The summed E-state index contributed by atoms with van der Waals surface area (Å²) < 4.78 is 2.75. The van der Waals surface area contributed by atoms with Crippen molar-refractivity contribution < 1.29 is 0 Å². The Morgan fingerprint density at radius 1 is 0.189 bits per heavy atom. The van der Waals surface area contributed by atoms with Crippen LogP contribution in [-0.2, 0) is 43.3 Å². The van der Waals surface area contributed by atoms with E-state index in [9.17, 15) is 0 Å². The fourth-order valence-electron chi connectivity index (χ4n) is 42.3. The first-order valence-electron chi connectivity index (χ1n) is 59.8. The second-order valence-electron chi connectivity index (χ2n) is 56.1. The normalized spacial score (nSPS) is 34.7. The molecule has 26 aliphatic carbocycles. The maximum Gasteiger partial charge on any atom is 0.0554 e. The van der Waals surface area contributed by atoms with E-state index in [2.05, 4.69) is 340 Å². The molecular formula is C144H151N3S. The summed E-state index contributed by atoms with van der Waals surface area (Å²) in [5, 5.41) is 2.76. The van der Waals surface area contributed by atoms with Crippen LogP contribution in [0.2, 0.25) is 0 Å². The lowest BCUT2D eigenvalue weighted by Gasteiger charge is -2.57. The van der Waals surface area contributed by atoms with Gasteiger partial charge in [0.15, 0.2) is 0 Å². The molecule has 1 heterocycles. The fourth-order valence-corrected chi connectivity index (χ4v) is 43.4. The summed E-state index contributed by atoms with van der Waals surface area (Å²) in [6.07, 6.45) is 52.6. The molecule has 4 heteroatoms. The molecule has 0 aliphatic heterocycles. The number of hydrogen-bond donors (Lipinski definition) is 0. The molecule has 24 saturated carbocycles. The SMILES string of the molecule is CC1(C)c2cc(N(c3ccc(-c4ccccc4)cc3)c3ccc(C45CC6CC(CC(C6)C4)C5)cc3)ccc2-c2ccc(C34CC5CC(CC(C5)C3)C4)cc21.CC1(C)c2cc(N(c3ccccc3)c3ccc(C45CC6CC(CC(C6)C4)C5)cc3)ccc2-c2ccc(C34CC5CC(CC(C5)C3)C4)cc21.c1ccc2c(c1)sc1cccc(N(c3ccc(C45CC6CC(CC(C6)C4)C5)cc3)c3ccc(C45CC6CC(CC(C6)C4)C5)cc3)c12. The summed E-state index contributed by atoms with van der Waals surface area (Å²) in [5.41, 5.74) is 38.0. The van der Waals surface area contributed by atoms with Gasteiger partial charge in [-0.3, -0.25) is 0 Å². The molecule has 0 N–H and O–H groups in total. The number of fused-ring (bicyclic) bond motifs is 9. The van der Waals surface area contributed by atoms with Crippen LogP contribution in [0.1, 0.15) is 314 Å². The van der Waals surface area contributed by atoms with Gasteiger partial charge in [-0.2, -0.15) is 0 Å². The van der Waals surface area contributed by atoms with E-state index in [4.69, 9.17) is 0 Å². The van der Waals surface area contributed by atoms with Crippen molar-refractivity contribution >= 4 is 82.7 Å². The first-order chi connectivity index (χ1) is 72.2. The first kappa shape index (κ1) is 90.2. The largest absolute Gasteiger partial charge is 0.310 e. The van der Waals surface area contributed by atoms with Crippen LogP contribution in [0.15, 0.2) is 297 Å². The highest BCUT2D eigenvalue weighted by Gasteiger charge is 2.59. The summed E-state index contributed by atoms with van der Waals surface area (Å²) in [4.78, 5) is 7.61. The van der Waals surface area contributed by atoms with Gasteiger partial charge in [0.1, 0.15) is 0 Å². The van der Waals surface area contributed by atoms with Crippen molar-refractivity contribution in [3.63, 3.8) is 0 Å². The summed E-state index contributed by atoms with van der Waals surface area (Å²) in [6, 6.07) is 117. The zero-order valence-corrected chi connectivity index (χ0v) is 89.2. The Labute approximate surface area is 885 Å². The Kier molecular flexibility index (Phi) is 20.4. The Morgan fingerprint density at radius 2 is 0.419 bits per heavy atom. The average Bonchev–Trinajstić information content (AvgIpc) is 1.54. The highest BCUT2D eigenvalue weighted by atomic mass is 32.1. The van der Waals surface area contributed by atoms with Crippen molar-refractivity contribution in [3.05, 3.63) is 353 Å². The zero-order valence-electron chi connectivity index (χ0n) is 88.4. The second kappa shape index (κ2) is 33.5. The van der Waals surface area contributed by atoms with Crippen LogP contribution in [0.25, 0.3) is 53.6 Å². The van der Waals surface area contributed by atoms with Crippen LogP contribution in [0.4, 0.5) is 51.2 Å². The molecule has 26 aliphatic rings. The minimum Gasteiger partial charge on any atom is -0.310 e. The number of anilines is 9. The number of benzene rings is 13. The van der Waals surface area contributed by atoms with Crippen molar-refractivity contribution in [1.29, 1.82) is 0 Å². The van der Waals surface area contributed by atoms with Gasteiger partial charge in [-0.15, -0.1) is 11.3 Å². The minimum atomic E-state index is -0.0514. The first-order valence-corrected chi connectivity index (χ1v) is 60.6. The fraction of sp³-hybridized carbons (Fsp3) is 0.458. The summed E-state index contributed by atoms with van der Waals surface area (Å²) in [5.74, 6) is 17.4. The third-order valence-electron chi connectivity index (χ3n) is 46.1. The van der Waals surface area contributed by atoms with E-state index in [0.717, 1.165) is 107 Å². The zero-order chi connectivity index (χ0) is 97.7. The lowest BCUT2D eigenvalue weighted by atomic mass is 9.48. The van der Waals surface area contributed by atoms with Gasteiger partial charge in [0.2, 0.25) is 0 Å². The molecule has 0 saturated heterocycles.